The first kappa shape index (κ1) is 14.7. The first-order valence-electron chi connectivity index (χ1n) is 4.36. The van der Waals surface area contributed by atoms with Gasteiger partial charge in [-0.15, -0.1) is 0 Å². The van der Waals surface area contributed by atoms with Crippen LogP contribution in [0.25, 0.3) is 0 Å². The van der Waals surface area contributed by atoms with Gasteiger partial charge in [0.15, 0.2) is 0 Å². The molecule has 0 radical (unpaired) electrons. The summed E-state index contributed by atoms with van der Waals surface area (Å²) in [6.45, 7) is 0. The van der Waals surface area contributed by atoms with Crippen LogP contribution in [0.4, 0.5) is 0 Å². The van der Waals surface area contributed by atoms with Crippen molar-refractivity contribution >= 4 is 59.7 Å². The van der Waals surface area contributed by atoms with E-state index >= 15 is 0 Å². The third-order valence-corrected chi connectivity index (χ3v) is 4.04. The van der Waals surface area contributed by atoms with Crippen molar-refractivity contribution in [2.24, 2.45) is 0 Å². The molecule has 0 atom stereocenters. The topological polar surface area (TPSA) is 74.6 Å². The molecular weight excluding hydrogens is 424 g/mol. The number of carboxylic acids is 2. The van der Waals surface area contributed by atoms with Gasteiger partial charge in [0.2, 0.25) is 0 Å². The Morgan fingerprint density at radius 1 is 1.06 bits per heavy atom. The molecule has 0 spiro atoms. The molecule has 17 heavy (non-hydrogen) atoms. The smallest absolute Gasteiger partial charge is 0.336 e. The molecule has 0 aromatic heterocycles. The van der Waals surface area contributed by atoms with Gasteiger partial charge in [-0.05, 0) is 17.2 Å². The monoisotopic (exact) mass is 428 g/mol. The van der Waals surface area contributed by atoms with Crippen molar-refractivity contribution in [1.82, 2.24) is 0 Å². The zero-order valence-electron chi connectivity index (χ0n) is 8.34. The van der Waals surface area contributed by atoms with Crippen LogP contribution < -0.4 is 0 Å². The lowest BCUT2D eigenvalue weighted by Crippen LogP contribution is -2.13. The molecule has 0 fully saturated rings. The normalized spacial score (nSPS) is 10.3. The van der Waals surface area contributed by atoms with Crippen LogP contribution in [0.1, 0.15) is 31.8 Å². The summed E-state index contributed by atoms with van der Waals surface area (Å²) in [7, 11) is 0. The predicted octanol–water partition coefficient (Wildman–Crippen LogP) is 3.64. The Kier molecular flexibility index (Phi) is 5.15. The molecule has 1 aromatic carbocycles. The van der Waals surface area contributed by atoms with Gasteiger partial charge in [-0.2, -0.15) is 0 Å². The Labute approximate surface area is 122 Å². The molecule has 92 valence electrons. The summed E-state index contributed by atoms with van der Waals surface area (Å²) in [4.78, 5) is 22.2. The molecule has 0 saturated carbocycles. The summed E-state index contributed by atoms with van der Waals surface area (Å²) in [5.41, 5.74) is 0.793. The number of halogens is 3. The van der Waals surface area contributed by atoms with Crippen LogP contribution in [0.3, 0.4) is 0 Å². The summed E-state index contributed by atoms with van der Waals surface area (Å²) in [6.07, 6.45) is 0. The van der Waals surface area contributed by atoms with Gasteiger partial charge in [-0.1, -0.05) is 47.8 Å². The number of aromatic carboxylic acids is 2. The molecule has 2 N–H and O–H groups in total. The summed E-state index contributed by atoms with van der Waals surface area (Å²) in [6, 6.07) is 1.31. The van der Waals surface area contributed by atoms with E-state index in [0.29, 0.717) is 15.4 Å². The van der Waals surface area contributed by atoms with Gasteiger partial charge in [-0.3, -0.25) is 0 Å². The zero-order chi connectivity index (χ0) is 13.2. The van der Waals surface area contributed by atoms with E-state index in [-0.39, 0.29) is 16.5 Å². The van der Waals surface area contributed by atoms with Crippen LogP contribution in [0.2, 0.25) is 0 Å². The molecule has 0 unspecified atom stereocenters. The highest BCUT2D eigenvalue weighted by atomic mass is 79.9. The lowest BCUT2D eigenvalue weighted by molar-refractivity contribution is 0.0650. The number of carbonyl (C=O) groups is 2. The van der Waals surface area contributed by atoms with E-state index in [4.69, 9.17) is 10.2 Å². The minimum atomic E-state index is -1.26. The fraction of sp³-hybridized carbons (Fsp3) is 0.200. The maximum atomic E-state index is 11.2. The van der Waals surface area contributed by atoms with Gasteiger partial charge >= 0.3 is 11.9 Å². The average Bonchev–Trinajstić information content (AvgIpc) is 2.26. The fourth-order valence-corrected chi connectivity index (χ4v) is 3.69. The molecular formula is C10H7Br3O4. The molecule has 0 aliphatic heterocycles. The van der Waals surface area contributed by atoms with E-state index in [1.807, 2.05) is 0 Å². The molecule has 0 saturated heterocycles. The Morgan fingerprint density at radius 3 is 1.94 bits per heavy atom. The van der Waals surface area contributed by atoms with Gasteiger partial charge in [0.1, 0.15) is 0 Å². The van der Waals surface area contributed by atoms with E-state index in [0.717, 1.165) is 5.56 Å². The quantitative estimate of drug-likeness (QED) is 0.715. The third-order valence-electron chi connectivity index (χ3n) is 2.21. The van der Waals surface area contributed by atoms with Crippen LogP contribution in [-0.2, 0) is 10.7 Å². The molecule has 0 aliphatic carbocycles. The van der Waals surface area contributed by atoms with Crippen LogP contribution in [0.15, 0.2) is 10.5 Å². The van der Waals surface area contributed by atoms with Crippen molar-refractivity contribution in [3.8, 4) is 0 Å². The van der Waals surface area contributed by atoms with Crippen LogP contribution in [-0.4, -0.2) is 22.2 Å². The second-order valence-electron chi connectivity index (χ2n) is 3.12. The number of carboxylic acid groups (broad SMARTS) is 2. The van der Waals surface area contributed by atoms with Crippen LogP contribution in [0, 0.1) is 0 Å². The molecule has 0 amide bonds. The van der Waals surface area contributed by atoms with Crippen molar-refractivity contribution in [1.29, 1.82) is 0 Å². The molecule has 1 aromatic rings. The van der Waals surface area contributed by atoms with Crippen molar-refractivity contribution in [3.05, 3.63) is 32.8 Å². The molecule has 0 aliphatic rings. The number of alkyl halides is 2. The Morgan fingerprint density at radius 2 is 1.59 bits per heavy atom. The SMILES string of the molecule is O=C(O)c1cc(Br)c(CBr)c(CBr)c1C(=O)O. The summed E-state index contributed by atoms with van der Waals surface area (Å²) in [5, 5.41) is 18.8. The minimum absolute atomic E-state index is 0.174. The van der Waals surface area contributed by atoms with Crippen LogP contribution in [0.5, 0.6) is 0 Å². The second kappa shape index (κ2) is 5.97. The summed E-state index contributed by atoms with van der Waals surface area (Å²) in [5.74, 6) is -2.50. The predicted molar refractivity (Wildman–Crippen MR) is 73.3 cm³/mol. The maximum Gasteiger partial charge on any atom is 0.336 e. The number of hydrogen-bond acceptors (Lipinski definition) is 2. The van der Waals surface area contributed by atoms with Gasteiger partial charge in [0.05, 0.1) is 11.1 Å². The lowest BCUT2D eigenvalue weighted by Gasteiger charge is -2.13. The molecule has 0 heterocycles. The van der Waals surface area contributed by atoms with Crippen LogP contribution >= 0.6 is 47.8 Å². The lowest BCUT2D eigenvalue weighted by atomic mass is 9.97. The maximum absolute atomic E-state index is 11.2. The molecule has 4 nitrogen and oxygen atoms in total. The van der Waals surface area contributed by atoms with Gasteiger partial charge in [-0.25, -0.2) is 9.59 Å². The second-order valence-corrected chi connectivity index (χ2v) is 5.09. The fourth-order valence-electron chi connectivity index (χ4n) is 1.45. The van der Waals surface area contributed by atoms with E-state index in [9.17, 15) is 9.59 Å². The Hall–Kier alpha value is -0.400. The third kappa shape index (κ3) is 2.89. The highest BCUT2D eigenvalue weighted by Crippen LogP contribution is 2.31. The molecule has 1 rings (SSSR count). The average molecular weight is 431 g/mol. The van der Waals surface area contributed by atoms with E-state index < -0.39 is 11.9 Å². The van der Waals surface area contributed by atoms with Gasteiger partial charge in [0, 0.05) is 15.1 Å². The number of benzene rings is 1. The first-order chi connectivity index (χ1) is 7.93. The number of rotatable bonds is 4. The molecule has 0 bridgehead atoms. The number of hydrogen-bond donors (Lipinski definition) is 2. The van der Waals surface area contributed by atoms with E-state index in [2.05, 4.69) is 47.8 Å². The van der Waals surface area contributed by atoms with Gasteiger partial charge in [0.25, 0.3) is 0 Å². The van der Waals surface area contributed by atoms with Crippen molar-refractivity contribution < 1.29 is 19.8 Å². The largest absolute Gasteiger partial charge is 0.478 e. The van der Waals surface area contributed by atoms with E-state index in [1.165, 1.54) is 6.07 Å². The minimum Gasteiger partial charge on any atom is -0.478 e. The zero-order valence-corrected chi connectivity index (χ0v) is 13.1. The summed E-state index contributed by atoms with van der Waals surface area (Å²) >= 11 is 9.68. The highest BCUT2D eigenvalue weighted by molar-refractivity contribution is 9.10. The standard InChI is InChI=1S/C10H7Br3O4/c11-2-5-6(3-12)8(10(16)17)4(9(14)15)1-7(5)13/h1H,2-3H2,(H,14,15)(H,16,17). The van der Waals surface area contributed by atoms with E-state index in [1.54, 1.807) is 0 Å². The van der Waals surface area contributed by atoms with Crippen molar-refractivity contribution in [2.75, 3.05) is 0 Å². The highest BCUT2D eigenvalue weighted by Gasteiger charge is 2.24. The van der Waals surface area contributed by atoms with Gasteiger partial charge < -0.3 is 10.2 Å². The molecule has 7 heteroatoms. The first-order valence-corrected chi connectivity index (χ1v) is 7.40. The van der Waals surface area contributed by atoms with Crippen molar-refractivity contribution in [3.63, 3.8) is 0 Å². The summed E-state index contributed by atoms with van der Waals surface area (Å²) < 4.78 is 0.575. The Bertz CT molecular complexity index is 485. The Balaban J connectivity index is 3.71. The van der Waals surface area contributed by atoms with Crippen molar-refractivity contribution in [2.45, 2.75) is 10.7 Å².